The summed E-state index contributed by atoms with van der Waals surface area (Å²) in [5.74, 6) is -0.760. The molecule has 0 fully saturated rings. The van der Waals surface area contributed by atoms with Crippen LogP contribution in [0, 0.1) is 12.7 Å². The normalized spacial score (nSPS) is 10.9. The Kier molecular flexibility index (Phi) is 3.50. The molecule has 0 atom stereocenters. The Bertz CT molecular complexity index is 928. The second-order valence-corrected chi connectivity index (χ2v) is 5.74. The molecule has 2 heterocycles. The highest BCUT2D eigenvalue weighted by Gasteiger charge is 2.20. The fourth-order valence-electron chi connectivity index (χ4n) is 2.06. The summed E-state index contributed by atoms with van der Waals surface area (Å²) in [5.41, 5.74) is 0.334. The predicted molar refractivity (Wildman–Crippen MR) is 81.0 cm³/mol. The average molecular weight is 318 g/mol. The lowest BCUT2D eigenvalue weighted by Gasteiger charge is -2.03. The summed E-state index contributed by atoms with van der Waals surface area (Å²) in [7, 11) is 1.60. The van der Waals surface area contributed by atoms with Crippen LogP contribution < -0.4 is 10.3 Å². The third-order valence-corrected chi connectivity index (χ3v) is 4.40. The average Bonchev–Trinajstić information content (AvgIpc) is 2.83. The van der Waals surface area contributed by atoms with Crippen molar-refractivity contribution in [3.63, 3.8) is 0 Å². The van der Waals surface area contributed by atoms with E-state index in [4.69, 9.17) is 4.74 Å². The molecule has 0 unspecified atom stereocenters. The highest BCUT2D eigenvalue weighted by atomic mass is 32.1. The third-order valence-electron chi connectivity index (χ3n) is 3.22. The van der Waals surface area contributed by atoms with Crippen LogP contribution in [-0.2, 0) is 7.05 Å². The van der Waals surface area contributed by atoms with E-state index >= 15 is 0 Å². The maximum Gasteiger partial charge on any atom is 0.354 e. The summed E-state index contributed by atoms with van der Waals surface area (Å²) in [4.78, 5) is 29.3. The monoisotopic (exact) mass is 318 g/mol. The van der Waals surface area contributed by atoms with E-state index in [0.717, 1.165) is 11.3 Å². The Morgan fingerprint density at radius 2 is 2.00 bits per heavy atom. The number of rotatable bonds is 2. The molecular weight excluding hydrogens is 307 g/mol. The van der Waals surface area contributed by atoms with Gasteiger partial charge in [-0.15, -0.1) is 11.3 Å². The standard InChI is InChI=1S/C15H11FN2O3S/c1-8-11-13(17-7-18(2)14(11)19)22-12(8)15(20)21-10-5-3-9(16)4-6-10/h3-7H,1-2H3. The lowest BCUT2D eigenvalue weighted by atomic mass is 10.2. The van der Waals surface area contributed by atoms with Crippen molar-refractivity contribution in [2.45, 2.75) is 6.92 Å². The number of benzene rings is 1. The van der Waals surface area contributed by atoms with Gasteiger partial charge in [0.1, 0.15) is 21.3 Å². The van der Waals surface area contributed by atoms with Gasteiger partial charge in [-0.3, -0.25) is 4.79 Å². The van der Waals surface area contributed by atoms with Gasteiger partial charge in [0.05, 0.1) is 11.7 Å². The maximum absolute atomic E-state index is 12.8. The number of nitrogens with zero attached hydrogens (tertiary/aromatic N) is 2. The Morgan fingerprint density at radius 3 is 2.68 bits per heavy atom. The Morgan fingerprint density at radius 1 is 1.32 bits per heavy atom. The van der Waals surface area contributed by atoms with Crippen molar-refractivity contribution in [2.24, 2.45) is 7.05 Å². The summed E-state index contributed by atoms with van der Waals surface area (Å²) in [6.07, 6.45) is 1.41. The number of thiophene rings is 1. The zero-order valence-corrected chi connectivity index (χ0v) is 12.6. The molecule has 0 bridgehead atoms. The minimum absolute atomic E-state index is 0.209. The van der Waals surface area contributed by atoms with Gasteiger partial charge in [0, 0.05) is 7.05 Å². The zero-order valence-electron chi connectivity index (χ0n) is 11.8. The van der Waals surface area contributed by atoms with Gasteiger partial charge in [0.15, 0.2) is 0 Å². The number of halogens is 1. The molecule has 0 saturated heterocycles. The first-order chi connectivity index (χ1) is 10.5. The van der Waals surface area contributed by atoms with Crippen LogP contribution in [0.1, 0.15) is 15.2 Å². The number of aryl methyl sites for hydroxylation is 2. The predicted octanol–water partition coefficient (Wildman–Crippen LogP) is 2.66. The number of esters is 1. The van der Waals surface area contributed by atoms with Crippen LogP contribution in [0.4, 0.5) is 4.39 Å². The molecule has 1 aromatic carbocycles. The van der Waals surface area contributed by atoms with Crippen LogP contribution in [-0.4, -0.2) is 15.5 Å². The molecule has 0 aliphatic carbocycles. The van der Waals surface area contributed by atoms with E-state index in [9.17, 15) is 14.0 Å². The molecule has 2 aromatic heterocycles. The van der Waals surface area contributed by atoms with E-state index < -0.39 is 11.8 Å². The van der Waals surface area contributed by atoms with E-state index in [1.54, 1.807) is 14.0 Å². The minimum Gasteiger partial charge on any atom is -0.422 e. The third kappa shape index (κ3) is 2.39. The number of ether oxygens (including phenoxy) is 1. The largest absolute Gasteiger partial charge is 0.422 e. The smallest absolute Gasteiger partial charge is 0.354 e. The lowest BCUT2D eigenvalue weighted by Crippen LogP contribution is -2.17. The summed E-state index contributed by atoms with van der Waals surface area (Å²) < 4.78 is 19.4. The van der Waals surface area contributed by atoms with Gasteiger partial charge < -0.3 is 9.30 Å². The number of carbonyl (C=O) groups excluding carboxylic acids is 1. The van der Waals surface area contributed by atoms with Gasteiger partial charge in [-0.05, 0) is 36.8 Å². The van der Waals surface area contributed by atoms with Crippen LogP contribution in [0.5, 0.6) is 5.75 Å². The van der Waals surface area contributed by atoms with E-state index in [-0.39, 0.29) is 11.3 Å². The van der Waals surface area contributed by atoms with E-state index in [1.807, 2.05) is 0 Å². The van der Waals surface area contributed by atoms with Crippen molar-refractivity contribution >= 4 is 27.5 Å². The topological polar surface area (TPSA) is 61.2 Å². The van der Waals surface area contributed by atoms with Crippen molar-refractivity contribution in [1.82, 2.24) is 9.55 Å². The van der Waals surface area contributed by atoms with Gasteiger partial charge in [-0.2, -0.15) is 0 Å². The van der Waals surface area contributed by atoms with Crippen LogP contribution in [0.25, 0.3) is 10.2 Å². The van der Waals surface area contributed by atoms with Crippen molar-refractivity contribution in [1.29, 1.82) is 0 Å². The zero-order chi connectivity index (χ0) is 15.9. The van der Waals surface area contributed by atoms with Gasteiger partial charge in [-0.1, -0.05) is 0 Å². The summed E-state index contributed by atoms with van der Waals surface area (Å²) in [6, 6.07) is 5.15. The van der Waals surface area contributed by atoms with Crippen LogP contribution in [0.2, 0.25) is 0 Å². The Labute approximate surface area is 128 Å². The van der Waals surface area contributed by atoms with Crippen molar-refractivity contribution in [3.05, 3.63) is 57.2 Å². The highest BCUT2D eigenvalue weighted by molar-refractivity contribution is 7.20. The fraction of sp³-hybridized carbons (Fsp3) is 0.133. The SMILES string of the molecule is Cc1c(C(=O)Oc2ccc(F)cc2)sc2ncn(C)c(=O)c12. The maximum atomic E-state index is 12.8. The minimum atomic E-state index is -0.589. The second-order valence-electron chi connectivity index (χ2n) is 4.74. The molecular formula is C15H11FN2O3S. The number of hydrogen-bond acceptors (Lipinski definition) is 5. The van der Waals surface area contributed by atoms with Gasteiger partial charge in [0.2, 0.25) is 0 Å². The molecule has 0 radical (unpaired) electrons. The molecule has 0 amide bonds. The summed E-state index contributed by atoms with van der Waals surface area (Å²) in [5, 5.41) is 0.418. The van der Waals surface area contributed by atoms with Crippen molar-refractivity contribution in [2.75, 3.05) is 0 Å². The van der Waals surface area contributed by atoms with Crippen LogP contribution >= 0.6 is 11.3 Å². The lowest BCUT2D eigenvalue weighted by molar-refractivity contribution is 0.0739. The number of carbonyl (C=O) groups is 1. The Balaban J connectivity index is 2.01. The van der Waals surface area contributed by atoms with E-state index in [0.29, 0.717) is 20.7 Å². The highest BCUT2D eigenvalue weighted by Crippen LogP contribution is 2.28. The van der Waals surface area contributed by atoms with Crippen LogP contribution in [0.15, 0.2) is 35.4 Å². The summed E-state index contributed by atoms with van der Waals surface area (Å²) in [6.45, 7) is 1.68. The van der Waals surface area contributed by atoms with Gasteiger partial charge in [0.25, 0.3) is 5.56 Å². The molecule has 112 valence electrons. The second kappa shape index (κ2) is 5.34. The molecule has 0 N–H and O–H groups in total. The molecule has 0 saturated carbocycles. The van der Waals surface area contributed by atoms with E-state index in [1.165, 1.54) is 35.2 Å². The van der Waals surface area contributed by atoms with Crippen molar-refractivity contribution < 1.29 is 13.9 Å². The molecule has 3 rings (SSSR count). The molecule has 7 heteroatoms. The first-order valence-corrected chi connectivity index (χ1v) is 7.21. The molecule has 3 aromatic rings. The van der Waals surface area contributed by atoms with Gasteiger partial charge >= 0.3 is 5.97 Å². The van der Waals surface area contributed by atoms with Crippen LogP contribution in [0.3, 0.4) is 0 Å². The van der Waals surface area contributed by atoms with Gasteiger partial charge in [-0.25, -0.2) is 14.2 Å². The number of fused-ring (bicyclic) bond motifs is 1. The molecule has 22 heavy (non-hydrogen) atoms. The quantitative estimate of drug-likeness (QED) is 0.538. The number of aromatic nitrogens is 2. The molecule has 0 spiro atoms. The number of hydrogen-bond donors (Lipinski definition) is 0. The molecule has 0 aliphatic heterocycles. The molecule has 5 nitrogen and oxygen atoms in total. The first kappa shape index (κ1) is 14.4. The molecule has 0 aliphatic rings. The first-order valence-electron chi connectivity index (χ1n) is 6.40. The summed E-state index contributed by atoms with van der Waals surface area (Å²) >= 11 is 1.10. The Hall–Kier alpha value is -2.54. The van der Waals surface area contributed by atoms with E-state index in [2.05, 4.69) is 4.98 Å². The van der Waals surface area contributed by atoms with Crippen molar-refractivity contribution in [3.8, 4) is 5.75 Å². The fourth-order valence-corrected chi connectivity index (χ4v) is 3.08.